The van der Waals surface area contributed by atoms with Crippen LogP contribution in [0.3, 0.4) is 0 Å². The van der Waals surface area contributed by atoms with Crippen LogP contribution in [0.2, 0.25) is 5.02 Å². The molecule has 0 saturated heterocycles. The zero-order chi connectivity index (χ0) is 24.6. The Morgan fingerprint density at radius 1 is 0.568 bits per heavy atom. The Hall–Kier alpha value is -4.40. The summed E-state index contributed by atoms with van der Waals surface area (Å²) in [5, 5.41) is 1.82. The van der Waals surface area contributed by atoms with Crippen LogP contribution in [0.15, 0.2) is 121 Å². The van der Waals surface area contributed by atoms with Gasteiger partial charge in [-0.15, -0.1) is 0 Å². The first kappa shape index (κ1) is 20.8. The molecule has 0 amide bonds. The van der Waals surface area contributed by atoms with Gasteiger partial charge in [0.05, 0.1) is 10.9 Å². The summed E-state index contributed by atoms with van der Waals surface area (Å²) in [6, 6.07) is 40.4. The first-order valence-electron chi connectivity index (χ1n) is 12.4. The van der Waals surface area contributed by atoms with E-state index < -0.39 is 5.41 Å². The molecule has 6 aromatic rings. The third-order valence-corrected chi connectivity index (χ3v) is 8.08. The van der Waals surface area contributed by atoms with E-state index in [9.17, 15) is 0 Å². The number of nitrogens with zero attached hydrogens (tertiary/aromatic N) is 1. The van der Waals surface area contributed by atoms with Gasteiger partial charge in [-0.1, -0.05) is 90.5 Å². The Bertz CT molecular complexity index is 1840. The molecule has 0 unspecified atom stereocenters. The maximum Gasteiger partial charge on any atom is 0.132 e. The Balaban J connectivity index is 1.51. The minimum atomic E-state index is -0.547. The van der Waals surface area contributed by atoms with E-state index in [0.29, 0.717) is 5.02 Å². The molecule has 1 aliphatic heterocycles. The Morgan fingerprint density at radius 2 is 1.22 bits per heavy atom. The Kier molecular flexibility index (Phi) is 4.24. The third kappa shape index (κ3) is 2.74. The second kappa shape index (κ2) is 7.55. The van der Waals surface area contributed by atoms with Gasteiger partial charge in [0.2, 0.25) is 0 Å². The molecule has 5 aromatic carbocycles. The van der Waals surface area contributed by atoms with Gasteiger partial charge in [0.15, 0.2) is 0 Å². The van der Waals surface area contributed by atoms with Crippen LogP contribution in [-0.4, -0.2) is 4.98 Å². The van der Waals surface area contributed by atoms with Gasteiger partial charge in [0.25, 0.3) is 0 Å². The number of pyridine rings is 1. The number of aromatic nitrogens is 1. The molecule has 2 aliphatic rings. The zero-order valence-corrected chi connectivity index (χ0v) is 20.5. The number of halogens is 1. The van der Waals surface area contributed by atoms with Crippen molar-refractivity contribution in [1.82, 2.24) is 4.98 Å². The van der Waals surface area contributed by atoms with Gasteiger partial charge in [-0.3, -0.25) is 4.98 Å². The average Bonchev–Trinajstić information content (AvgIpc) is 3.24. The first-order valence-corrected chi connectivity index (χ1v) is 12.8. The van der Waals surface area contributed by atoms with Gasteiger partial charge in [-0.05, 0) is 64.2 Å². The normalized spacial score (nSPS) is 14.0. The number of hydrogen-bond donors (Lipinski definition) is 0. The minimum Gasteiger partial charge on any atom is -0.457 e. The Morgan fingerprint density at radius 3 is 2.00 bits per heavy atom. The highest BCUT2D eigenvalue weighted by atomic mass is 35.5. The fraction of sp³-hybridized carbons (Fsp3) is 0.0294. The largest absolute Gasteiger partial charge is 0.457 e. The summed E-state index contributed by atoms with van der Waals surface area (Å²) in [5.74, 6) is 1.70. The summed E-state index contributed by atoms with van der Waals surface area (Å²) in [6.45, 7) is 0. The van der Waals surface area contributed by atoms with E-state index in [-0.39, 0.29) is 0 Å². The molecule has 0 saturated carbocycles. The molecule has 0 N–H and O–H groups in total. The van der Waals surface area contributed by atoms with Crippen molar-refractivity contribution in [3.8, 4) is 33.8 Å². The van der Waals surface area contributed by atoms with Crippen LogP contribution in [0.5, 0.6) is 11.5 Å². The van der Waals surface area contributed by atoms with Crippen LogP contribution in [0, 0.1) is 0 Å². The SMILES string of the molecule is Clc1ccc2c(c1)C1(c3cc(-c4cccc5cccnc45)ccc3O2)c2ccccc2-c2ccccc21. The lowest BCUT2D eigenvalue weighted by Crippen LogP contribution is -2.32. The lowest BCUT2D eigenvalue weighted by molar-refractivity contribution is 0.436. The summed E-state index contributed by atoms with van der Waals surface area (Å²) < 4.78 is 6.55. The fourth-order valence-corrected chi connectivity index (χ4v) is 6.55. The van der Waals surface area contributed by atoms with E-state index >= 15 is 0 Å². The molecule has 0 bridgehead atoms. The van der Waals surface area contributed by atoms with Crippen molar-refractivity contribution < 1.29 is 4.74 Å². The summed E-state index contributed by atoms with van der Waals surface area (Å²) in [4.78, 5) is 4.73. The van der Waals surface area contributed by atoms with Crippen molar-refractivity contribution in [3.05, 3.63) is 149 Å². The molecule has 0 radical (unpaired) electrons. The number of fused-ring (bicyclic) bond motifs is 10. The molecule has 1 spiro atoms. The van der Waals surface area contributed by atoms with Crippen LogP contribution in [0.1, 0.15) is 22.3 Å². The zero-order valence-electron chi connectivity index (χ0n) is 19.8. The van der Waals surface area contributed by atoms with Crippen LogP contribution in [-0.2, 0) is 5.41 Å². The van der Waals surface area contributed by atoms with Crippen molar-refractivity contribution in [2.24, 2.45) is 0 Å². The van der Waals surface area contributed by atoms with Gasteiger partial charge in [-0.2, -0.15) is 0 Å². The minimum absolute atomic E-state index is 0.547. The topological polar surface area (TPSA) is 22.1 Å². The van der Waals surface area contributed by atoms with Crippen LogP contribution < -0.4 is 4.74 Å². The molecule has 174 valence electrons. The highest BCUT2D eigenvalue weighted by molar-refractivity contribution is 6.30. The smallest absolute Gasteiger partial charge is 0.132 e. The van der Waals surface area contributed by atoms with E-state index in [4.69, 9.17) is 21.3 Å². The summed E-state index contributed by atoms with van der Waals surface area (Å²) >= 11 is 6.65. The molecule has 0 fully saturated rings. The fourth-order valence-electron chi connectivity index (χ4n) is 6.38. The van der Waals surface area contributed by atoms with Gasteiger partial charge in [-0.25, -0.2) is 0 Å². The lowest BCUT2D eigenvalue weighted by atomic mass is 9.65. The second-order valence-corrected chi connectivity index (χ2v) is 10.1. The van der Waals surface area contributed by atoms with Crippen molar-refractivity contribution in [1.29, 1.82) is 0 Å². The standard InChI is InChI=1S/C34H20ClNO/c35-23-15-17-32-30(20-23)34(27-12-3-1-9-25(27)26-10-2-4-13-28(26)34)29-19-22(14-16-31(29)37-32)24-11-5-7-21-8-6-18-36-33(21)24/h1-20H. The monoisotopic (exact) mass is 493 g/mol. The number of benzene rings is 5. The highest BCUT2D eigenvalue weighted by Crippen LogP contribution is 2.62. The van der Waals surface area contributed by atoms with Crippen LogP contribution >= 0.6 is 11.6 Å². The predicted octanol–water partition coefficient (Wildman–Crippen LogP) is 9.02. The molecule has 2 heterocycles. The molecular weight excluding hydrogens is 474 g/mol. The Labute approximate surface area is 219 Å². The van der Waals surface area contributed by atoms with E-state index in [0.717, 1.165) is 44.7 Å². The molecule has 3 heteroatoms. The molecule has 2 nitrogen and oxygen atoms in total. The van der Waals surface area contributed by atoms with Gasteiger partial charge >= 0.3 is 0 Å². The number of rotatable bonds is 1. The maximum absolute atomic E-state index is 6.65. The highest BCUT2D eigenvalue weighted by Gasteiger charge is 2.51. The molecule has 8 rings (SSSR count). The molecular formula is C34H20ClNO. The average molecular weight is 494 g/mol. The number of hydrogen-bond acceptors (Lipinski definition) is 2. The van der Waals surface area contributed by atoms with Crippen molar-refractivity contribution in [2.45, 2.75) is 5.41 Å². The summed E-state index contributed by atoms with van der Waals surface area (Å²) in [6.07, 6.45) is 1.86. The molecule has 1 aromatic heterocycles. The third-order valence-electron chi connectivity index (χ3n) is 7.85. The molecule has 37 heavy (non-hydrogen) atoms. The summed E-state index contributed by atoms with van der Waals surface area (Å²) in [5.41, 5.74) is 9.83. The van der Waals surface area contributed by atoms with E-state index in [2.05, 4.69) is 97.1 Å². The quantitative estimate of drug-likeness (QED) is 0.227. The molecule has 1 aliphatic carbocycles. The summed E-state index contributed by atoms with van der Waals surface area (Å²) in [7, 11) is 0. The van der Waals surface area contributed by atoms with E-state index in [1.807, 2.05) is 24.4 Å². The van der Waals surface area contributed by atoms with E-state index in [1.54, 1.807) is 0 Å². The molecule has 0 atom stereocenters. The van der Waals surface area contributed by atoms with Gasteiger partial charge in [0, 0.05) is 33.3 Å². The van der Waals surface area contributed by atoms with Gasteiger partial charge in [0.1, 0.15) is 11.5 Å². The number of ether oxygens (including phenoxy) is 1. The lowest BCUT2D eigenvalue weighted by Gasteiger charge is -2.39. The predicted molar refractivity (Wildman–Crippen MR) is 150 cm³/mol. The maximum atomic E-state index is 6.65. The van der Waals surface area contributed by atoms with E-state index in [1.165, 1.54) is 22.3 Å². The van der Waals surface area contributed by atoms with Crippen LogP contribution in [0.25, 0.3) is 33.2 Å². The second-order valence-electron chi connectivity index (χ2n) is 9.68. The van der Waals surface area contributed by atoms with Gasteiger partial charge < -0.3 is 4.74 Å². The van der Waals surface area contributed by atoms with Crippen molar-refractivity contribution in [3.63, 3.8) is 0 Å². The first-order chi connectivity index (χ1) is 18.2. The van der Waals surface area contributed by atoms with Crippen molar-refractivity contribution >= 4 is 22.5 Å². The van der Waals surface area contributed by atoms with Crippen LogP contribution in [0.4, 0.5) is 0 Å². The number of para-hydroxylation sites is 1. The van der Waals surface area contributed by atoms with Crippen molar-refractivity contribution in [2.75, 3.05) is 0 Å².